The molecule has 4 rings (SSSR count). The highest BCUT2D eigenvalue weighted by Gasteiger charge is 2.29. The molecule has 2 aliphatic rings. The number of fused-ring (bicyclic) bond motifs is 1. The van der Waals surface area contributed by atoms with Gasteiger partial charge in [0.15, 0.2) is 5.75 Å². The molecule has 0 aliphatic carbocycles. The number of likely N-dealkylation sites (tertiary alicyclic amines) is 1. The fraction of sp³-hybridized carbons (Fsp3) is 0.474. The van der Waals surface area contributed by atoms with Crippen molar-refractivity contribution in [3.05, 3.63) is 41.9 Å². The molecule has 1 unspecified atom stereocenters. The van der Waals surface area contributed by atoms with Crippen molar-refractivity contribution in [2.24, 2.45) is 0 Å². The predicted octanol–water partition coefficient (Wildman–Crippen LogP) is 2.88. The Labute approximate surface area is 160 Å². The number of nitrogens with zero attached hydrogens (tertiary/aromatic N) is 3. The lowest BCUT2D eigenvalue weighted by Crippen LogP contribution is -2.28. The molecule has 140 valence electrons. The normalized spacial score (nSPS) is 20.3. The maximum Gasteiger partial charge on any atom is 0.257 e. The van der Waals surface area contributed by atoms with Gasteiger partial charge in [-0.2, -0.15) is 13.5 Å². The Bertz CT molecular complexity index is 741. The van der Waals surface area contributed by atoms with E-state index in [1.165, 1.54) is 0 Å². The smallest absolute Gasteiger partial charge is 0.257 e. The van der Waals surface area contributed by atoms with Crippen LogP contribution in [0, 0.1) is 6.92 Å². The highest BCUT2D eigenvalue weighted by molar-refractivity contribution is 7.59. The minimum atomic E-state index is 0. The van der Waals surface area contributed by atoms with Crippen LogP contribution < -0.4 is 14.2 Å². The average molecular weight is 375 g/mol. The second-order valence-electron chi connectivity index (χ2n) is 6.57. The summed E-state index contributed by atoms with van der Waals surface area (Å²) >= 11 is 0. The van der Waals surface area contributed by atoms with Gasteiger partial charge < -0.3 is 14.2 Å². The van der Waals surface area contributed by atoms with Gasteiger partial charge in [-0.3, -0.25) is 9.88 Å². The zero-order valence-corrected chi connectivity index (χ0v) is 16.1. The van der Waals surface area contributed by atoms with Crippen molar-refractivity contribution in [1.82, 2.24) is 14.9 Å². The maximum atomic E-state index is 6.07. The first-order valence-corrected chi connectivity index (χ1v) is 8.79. The van der Waals surface area contributed by atoms with Crippen molar-refractivity contribution in [2.45, 2.75) is 32.4 Å². The van der Waals surface area contributed by atoms with Crippen LogP contribution in [0.3, 0.4) is 0 Å². The van der Waals surface area contributed by atoms with Crippen molar-refractivity contribution in [3.63, 3.8) is 0 Å². The SMILES string of the molecule is Cc1ccc(O[C@H]2CCN(C(C)c3ccc4c(n3)OCCO4)C2)cn1.S. The Morgan fingerprint density at radius 2 is 2.04 bits per heavy atom. The van der Waals surface area contributed by atoms with E-state index < -0.39 is 0 Å². The third kappa shape index (κ3) is 4.04. The van der Waals surface area contributed by atoms with E-state index in [1.54, 1.807) is 6.20 Å². The predicted molar refractivity (Wildman–Crippen MR) is 104 cm³/mol. The second-order valence-corrected chi connectivity index (χ2v) is 6.57. The largest absolute Gasteiger partial charge is 0.487 e. The summed E-state index contributed by atoms with van der Waals surface area (Å²) in [7, 11) is 0. The molecule has 0 radical (unpaired) electrons. The molecule has 0 amide bonds. The quantitative estimate of drug-likeness (QED) is 0.819. The molecule has 6 nitrogen and oxygen atoms in total. The van der Waals surface area contributed by atoms with Gasteiger partial charge in [-0.25, -0.2) is 4.98 Å². The van der Waals surface area contributed by atoms with E-state index in [-0.39, 0.29) is 25.6 Å². The van der Waals surface area contributed by atoms with Gasteiger partial charge in [-0.1, -0.05) is 0 Å². The van der Waals surface area contributed by atoms with E-state index in [9.17, 15) is 0 Å². The Morgan fingerprint density at radius 3 is 2.85 bits per heavy atom. The first kappa shape index (κ1) is 18.8. The molecule has 0 N–H and O–H groups in total. The average Bonchev–Trinajstić information content (AvgIpc) is 3.11. The fourth-order valence-electron chi connectivity index (χ4n) is 3.28. The third-order valence-electron chi connectivity index (χ3n) is 4.77. The number of aryl methyl sites for hydroxylation is 1. The summed E-state index contributed by atoms with van der Waals surface area (Å²) < 4.78 is 17.2. The van der Waals surface area contributed by atoms with Crippen LogP contribution in [0.25, 0.3) is 0 Å². The van der Waals surface area contributed by atoms with E-state index in [0.29, 0.717) is 19.1 Å². The molecule has 1 saturated heterocycles. The summed E-state index contributed by atoms with van der Waals surface area (Å²) in [4.78, 5) is 11.3. The van der Waals surface area contributed by atoms with Gasteiger partial charge in [0, 0.05) is 24.8 Å². The van der Waals surface area contributed by atoms with Crippen LogP contribution in [0.1, 0.15) is 30.8 Å². The van der Waals surface area contributed by atoms with Crippen LogP contribution in [0.5, 0.6) is 17.4 Å². The molecule has 0 aromatic carbocycles. The number of rotatable bonds is 4. The number of ether oxygens (including phenoxy) is 3. The van der Waals surface area contributed by atoms with E-state index in [1.807, 2.05) is 31.2 Å². The van der Waals surface area contributed by atoms with Crippen LogP contribution in [0.2, 0.25) is 0 Å². The molecule has 26 heavy (non-hydrogen) atoms. The number of aromatic nitrogens is 2. The molecule has 2 aromatic rings. The molecule has 1 fully saturated rings. The maximum absolute atomic E-state index is 6.07. The number of pyridine rings is 2. The summed E-state index contributed by atoms with van der Waals surface area (Å²) in [6, 6.07) is 8.15. The van der Waals surface area contributed by atoms with Gasteiger partial charge in [-0.15, -0.1) is 0 Å². The molecular weight excluding hydrogens is 350 g/mol. The zero-order chi connectivity index (χ0) is 17.2. The van der Waals surface area contributed by atoms with E-state index in [0.717, 1.165) is 42.4 Å². The third-order valence-corrected chi connectivity index (χ3v) is 4.77. The summed E-state index contributed by atoms with van der Waals surface area (Å²) in [6.45, 7) is 7.16. The lowest BCUT2D eigenvalue weighted by Gasteiger charge is -2.25. The lowest BCUT2D eigenvalue weighted by atomic mass is 10.2. The molecule has 2 aromatic heterocycles. The monoisotopic (exact) mass is 375 g/mol. The summed E-state index contributed by atoms with van der Waals surface area (Å²) in [6.07, 6.45) is 2.98. The minimum Gasteiger partial charge on any atom is -0.487 e. The van der Waals surface area contributed by atoms with Crippen molar-refractivity contribution in [1.29, 1.82) is 0 Å². The molecular formula is C19H25N3O3S. The molecule has 4 heterocycles. The van der Waals surface area contributed by atoms with Crippen LogP contribution in [0.15, 0.2) is 30.5 Å². The Kier molecular flexibility index (Phi) is 5.88. The minimum absolute atomic E-state index is 0. The zero-order valence-electron chi connectivity index (χ0n) is 15.1. The second kappa shape index (κ2) is 8.14. The Morgan fingerprint density at radius 1 is 1.19 bits per heavy atom. The van der Waals surface area contributed by atoms with E-state index >= 15 is 0 Å². The standard InChI is InChI=1S/C19H23N3O3.H2S/c1-13-3-4-15(11-20-13)25-16-7-8-22(12-16)14(2)17-5-6-18-19(21-17)24-10-9-23-18;/h3-6,11,14,16H,7-10,12H2,1-2H3;1H2/t14?,16-;/m0./s1. The van der Waals surface area contributed by atoms with Gasteiger partial charge in [-0.05, 0) is 44.5 Å². The first-order valence-electron chi connectivity index (χ1n) is 8.79. The van der Waals surface area contributed by atoms with Crippen molar-refractivity contribution >= 4 is 13.5 Å². The van der Waals surface area contributed by atoms with Crippen LogP contribution in [0.4, 0.5) is 0 Å². The molecule has 7 heteroatoms. The van der Waals surface area contributed by atoms with E-state index in [2.05, 4.69) is 21.8 Å². The molecule has 0 bridgehead atoms. The van der Waals surface area contributed by atoms with Gasteiger partial charge in [0.2, 0.25) is 0 Å². The number of hydrogen-bond donors (Lipinski definition) is 0. The molecule has 0 saturated carbocycles. The van der Waals surface area contributed by atoms with Crippen LogP contribution in [-0.4, -0.2) is 47.3 Å². The molecule has 2 atom stereocenters. The van der Waals surface area contributed by atoms with Crippen molar-refractivity contribution in [2.75, 3.05) is 26.3 Å². The number of hydrogen-bond acceptors (Lipinski definition) is 6. The first-order chi connectivity index (χ1) is 12.2. The molecule has 0 spiro atoms. The summed E-state index contributed by atoms with van der Waals surface area (Å²) in [5.74, 6) is 2.17. The van der Waals surface area contributed by atoms with Crippen LogP contribution >= 0.6 is 13.5 Å². The Hall–Kier alpha value is -1.99. The fourth-order valence-corrected chi connectivity index (χ4v) is 3.28. The van der Waals surface area contributed by atoms with Gasteiger partial charge in [0.1, 0.15) is 25.1 Å². The van der Waals surface area contributed by atoms with Crippen molar-refractivity contribution < 1.29 is 14.2 Å². The molecule has 2 aliphatic heterocycles. The Balaban J connectivity index is 0.00000196. The lowest BCUT2D eigenvalue weighted by molar-refractivity contribution is 0.160. The van der Waals surface area contributed by atoms with Gasteiger partial charge in [0.05, 0.1) is 11.9 Å². The van der Waals surface area contributed by atoms with Crippen molar-refractivity contribution in [3.8, 4) is 17.4 Å². The van der Waals surface area contributed by atoms with E-state index in [4.69, 9.17) is 14.2 Å². The highest BCUT2D eigenvalue weighted by atomic mass is 32.1. The topological polar surface area (TPSA) is 56.7 Å². The van der Waals surface area contributed by atoms with Gasteiger partial charge >= 0.3 is 0 Å². The van der Waals surface area contributed by atoms with Crippen LogP contribution in [-0.2, 0) is 0 Å². The highest BCUT2D eigenvalue weighted by Crippen LogP contribution is 2.32. The summed E-state index contributed by atoms with van der Waals surface area (Å²) in [5.41, 5.74) is 2.00. The van der Waals surface area contributed by atoms with Gasteiger partial charge in [0.25, 0.3) is 5.88 Å². The summed E-state index contributed by atoms with van der Waals surface area (Å²) in [5, 5.41) is 0.